The lowest BCUT2D eigenvalue weighted by molar-refractivity contribution is -0.158. The number of carbonyl (C=O) groups is 4. The molecular weight excluding hydrogens is 474 g/mol. The Hall–Kier alpha value is -3.34. The zero-order valence-corrected chi connectivity index (χ0v) is 21.7. The average Bonchev–Trinajstić information content (AvgIpc) is 2.83. The second-order valence-electron chi connectivity index (χ2n) is 8.25. The predicted octanol–water partition coefficient (Wildman–Crippen LogP) is 4.07. The van der Waals surface area contributed by atoms with Crippen molar-refractivity contribution in [1.82, 2.24) is 0 Å². The fourth-order valence-electron chi connectivity index (χ4n) is 2.54. The van der Waals surface area contributed by atoms with Gasteiger partial charge in [-0.2, -0.15) is 0 Å². The number of ether oxygens (including phenoxy) is 6. The predicted molar refractivity (Wildman–Crippen MR) is 129 cm³/mol. The van der Waals surface area contributed by atoms with E-state index >= 15 is 0 Å². The van der Waals surface area contributed by atoms with Gasteiger partial charge in [-0.3, -0.25) is 9.59 Å². The zero-order chi connectivity index (χ0) is 27.3. The molecule has 1 aromatic carbocycles. The molecule has 2 N–H and O–H groups in total. The SMILES string of the molecule is CCC(=O)OC[C@H](C)OC(=O)[C@@H](N)Cc1ccc(OC(=O)OC(C)CC)c(OC(=O)OC(C)CC)c1. The van der Waals surface area contributed by atoms with Gasteiger partial charge in [-0.25, -0.2) is 9.59 Å². The van der Waals surface area contributed by atoms with Gasteiger partial charge in [0.25, 0.3) is 0 Å². The van der Waals surface area contributed by atoms with Gasteiger partial charge < -0.3 is 34.2 Å². The van der Waals surface area contributed by atoms with Gasteiger partial charge in [-0.1, -0.05) is 26.8 Å². The molecule has 0 fully saturated rings. The van der Waals surface area contributed by atoms with E-state index in [-0.39, 0.29) is 43.2 Å². The first-order valence-corrected chi connectivity index (χ1v) is 12.0. The lowest BCUT2D eigenvalue weighted by atomic mass is 10.1. The molecule has 0 aliphatic rings. The summed E-state index contributed by atoms with van der Waals surface area (Å²) >= 11 is 0. The summed E-state index contributed by atoms with van der Waals surface area (Å²) in [5, 5.41) is 0. The summed E-state index contributed by atoms with van der Waals surface area (Å²) in [5.41, 5.74) is 6.48. The van der Waals surface area contributed by atoms with Crippen molar-refractivity contribution in [3.63, 3.8) is 0 Å². The van der Waals surface area contributed by atoms with Crippen molar-refractivity contribution < 1.29 is 47.6 Å². The summed E-state index contributed by atoms with van der Waals surface area (Å²) in [4.78, 5) is 47.9. The molecule has 202 valence electrons. The minimum Gasteiger partial charge on any atom is -0.462 e. The third kappa shape index (κ3) is 11.4. The maximum atomic E-state index is 12.4. The Labute approximate surface area is 211 Å². The fraction of sp³-hybridized carbons (Fsp3) is 0.600. The largest absolute Gasteiger partial charge is 0.514 e. The summed E-state index contributed by atoms with van der Waals surface area (Å²) in [5.74, 6) is -1.29. The van der Waals surface area contributed by atoms with Crippen LogP contribution in [0.3, 0.4) is 0 Å². The second-order valence-corrected chi connectivity index (χ2v) is 8.25. The molecule has 0 aliphatic carbocycles. The molecule has 0 radical (unpaired) electrons. The van der Waals surface area contributed by atoms with Gasteiger partial charge in [-0.05, 0) is 57.7 Å². The van der Waals surface area contributed by atoms with Crippen LogP contribution in [0.4, 0.5) is 9.59 Å². The molecule has 0 spiro atoms. The van der Waals surface area contributed by atoms with E-state index in [1.54, 1.807) is 33.8 Å². The summed E-state index contributed by atoms with van der Waals surface area (Å²) < 4.78 is 30.9. The Morgan fingerprint density at radius 2 is 1.36 bits per heavy atom. The van der Waals surface area contributed by atoms with Gasteiger partial charge in [0.05, 0.1) is 0 Å². The highest BCUT2D eigenvalue weighted by atomic mass is 16.7. The molecule has 2 unspecified atom stereocenters. The number of carbonyl (C=O) groups excluding carboxylic acids is 4. The van der Waals surface area contributed by atoms with E-state index in [1.807, 2.05) is 13.8 Å². The lowest BCUT2D eigenvalue weighted by Gasteiger charge is -2.18. The van der Waals surface area contributed by atoms with Crippen LogP contribution in [0.25, 0.3) is 0 Å². The van der Waals surface area contributed by atoms with Crippen LogP contribution >= 0.6 is 0 Å². The van der Waals surface area contributed by atoms with Crippen molar-refractivity contribution >= 4 is 24.2 Å². The van der Waals surface area contributed by atoms with Crippen LogP contribution in [-0.2, 0) is 35.0 Å². The van der Waals surface area contributed by atoms with Crippen LogP contribution in [-0.4, -0.2) is 55.2 Å². The molecule has 0 aliphatic heterocycles. The molecule has 0 aromatic heterocycles. The topological polar surface area (TPSA) is 150 Å². The van der Waals surface area contributed by atoms with Gasteiger partial charge in [0.2, 0.25) is 0 Å². The normalized spacial score (nSPS) is 14.0. The number of rotatable bonds is 13. The minimum atomic E-state index is -1.06. The number of benzene rings is 1. The Kier molecular flexibility index (Phi) is 13.3. The Morgan fingerprint density at radius 1 is 0.806 bits per heavy atom. The van der Waals surface area contributed by atoms with Gasteiger partial charge in [-0.15, -0.1) is 0 Å². The van der Waals surface area contributed by atoms with Crippen molar-refractivity contribution in [2.24, 2.45) is 5.73 Å². The van der Waals surface area contributed by atoms with Crippen LogP contribution in [0.15, 0.2) is 18.2 Å². The van der Waals surface area contributed by atoms with Crippen LogP contribution < -0.4 is 15.2 Å². The molecule has 1 rings (SSSR count). The third-order valence-corrected chi connectivity index (χ3v) is 4.98. The van der Waals surface area contributed by atoms with Crippen molar-refractivity contribution in [1.29, 1.82) is 0 Å². The lowest BCUT2D eigenvalue weighted by Crippen LogP contribution is -2.37. The summed E-state index contributed by atoms with van der Waals surface area (Å²) in [6.45, 7) is 10.2. The molecule has 0 bridgehead atoms. The maximum Gasteiger partial charge on any atom is 0.514 e. The van der Waals surface area contributed by atoms with Crippen molar-refractivity contribution in [3.05, 3.63) is 23.8 Å². The van der Waals surface area contributed by atoms with Crippen LogP contribution in [0.1, 0.15) is 66.4 Å². The highest BCUT2D eigenvalue weighted by molar-refractivity contribution is 5.76. The Balaban J connectivity index is 2.95. The highest BCUT2D eigenvalue weighted by Crippen LogP contribution is 2.30. The van der Waals surface area contributed by atoms with E-state index in [0.29, 0.717) is 18.4 Å². The molecule has 4 atom stereocenters. The van der Waals surface area contributed by atoms with Crippen molar-refractivity contribution in [3.8, 4) is 11.5 Å². The summed E-state index contributed by atoms with van der Waals surface area (Å²) in [6, 6.07) is 3.29. The van der Waals surface area contributed by atoms with Crippen molar-refractivity contribution in [2.75, 3.05) is 6.61 Å². The van der Waals surface area contributed by atoms with E-state index in [4.69, 9.17) is 34.2 Å². The smallest absolute Gasteiger partial charge is 0.462 e. The van der Waals surface area contributed by atoms with Crippen LogP contribution in [0.5, 0.6) is 11.5 Å². The molecule has 1 aromatic rings. The standard InChI is InChI=1S/C25H37NO10/c1-7-15(4)33-24(29)35-20-11-10-18(13-21(20)36-25(30)34-16(5)8-2)12-19(26)23(28)32-17(6)14-31-22(27)9-3/h10-11,13,15-17,19H,7-9,12,14,26H2,1-6H3/t15?,16?,17-,19-/m0/s1. The monoisotopic (exact) mass is 511 g/mol. The molecule has 0 heterocycles. The number of hydrogen-bond donors (Lipinski definition) is 1. The van der Waals surface area contributed by atoms with E-state index < -0.39 is 36.4 Å². The molecule has 0 saturated heterocycles. The van der Waals surface area contributed by atoms with E-state index in [9.17, 15) is 19.2 Å². The molecule has 0 amide bonds. The number of esters is 2. The minimum absolute atomic E-state index is 0.0225. The fourth-order valence-corrected chi connectivity index (χ4v) is 2.54. The summed E-state index contributed by atoms with van der Waals surface area (Å²) in [7, 11) is 0. The zero-order valence-electron chi connectivity index (χ0n) is 21.7. The quantitative estimate of drug-likeness (QED) is 0.232. The third-order valence-electron chi connectivity index (χ3n) is 4.98. The summed E-state index contributed by atoms with van der Waals surface area (Å²) in [6.07, 6.45) is -1.98. The molecule has 11 nitrogen and oxygen atoms in total. The molecule has 0 saturated carbocycles. The van der Waals surface area contributed by atoms with Gasteiger partial charge >= 0.3 is 24.2 Å². The molecule has 11 heteroatoms. The first kappa shape index (κ1) is 30.7. The Morgan fingerprint density at radius 3 is 1.89 bits per heavy atom. The van der Waals surface area contributed by atoms with Crippen LogP contribution in [0, 0.1) is 0 Å². The first-order valence-electron chi connectivity index (χ1n) is 12.0. The van der Waals surface area contributed by atoms with Gasteiger partial charge in [0.15, 0.2) is 11.5 Å². The number of nitrogens with two attached hydrogens (primary N) is 1. The van der Waals surface area contributed by atoms with E-state index in [2.05, 4.69) is 0 Å². The van der Waals surface area contributed by atoms with E-state index in [1.165, 1.54) is 12.1 Å². The van der Waals surface area contributed by atoms with Gasteiger partial charge in [0.1, 0.15) is 31.0 Å². The van der Waals surface area contributed by atoms with Crippen LogP contribution in [0.2, 0.25) is 0 Å². The van der Waals surface area contributed by atoms with Gasteiger partial charge in [0, 0.05) is 6.42 Å². The second kappa shape index (κ2) is 15.6. The van der Waals surface area contributed by atoms with Crippen molar-refractivity contribution in [2.45, 2.75) is 91.6 Å². The molecule has 36 heavy (non-hydrogen) atoms. The first-order chi connectivity index (χ1) is 17.0. The van der Waals surface area contributed by atoms with E-state index in [0.717, 1.165) is 0 Å². The average molecular weight is 512 g/mol. The Bertz CT molecular complexity index is 888. The molecular formula is C25H37NO10. The maximum absolute atomic E-state index is 12.4. The number of hydrogen-bond acceptors (Lipinski definition) is 11. The highest BCUT2D eigenvalue weighted by Gasteiger charge is 2.22.